The Morgan fingerprint density at radius 2 is 2.05 bits per heavy atom. The van der Waals surface area contributed by atoms with Gasteiger partial charge in [-0.25, -0.2) is 4.98 Å². The highest BCUT2D eigenvalue weighted by Crippen LogP contribution is 2.45. The Bertz CT molecular complexity index is 669. The molecule has 1 atom stereocenters. The number of rotatable bonds is 1. The van der Waals surface area contributed by atoms with Gasteiger partial charge in [-0.15, -0.1) is 0 Å². The number of fused-ring (bicyclic) bond motifs is 1. The van der Waals surface area contributed by atoms with Crippen molar-refractivity contribution in [1.29, 1.82) is 0 Å². The smallest absolute Gasteiger partial charge is 0.278 e. The Hall–Kier alpha value is -1.85. The monoisotopic (exact) mass is 261 g/mol. The van der Waals surface area contributed by atoms with Gasteiger partial charge >= 0.3 is 0 Å². The summed E-state index contributed by atoms with van der Waals surface area (Å²) in [6.07, 6.45) is 4.74. The summed E-state index contributed by atoms with van der Waals surface area (Å²) in [6, 6.07) is 0. The first-order chi connectivity index (χ1) is 8.97. The van der Waals surface area contributed by atoms with Crippen LogP contribution in [0.2, 0.25) is 0 Å². The molecule has 1 aliphatic rings. The fourth-order valence-corrected chi connectivity index (χ4v) is 3.11. The molecule has 2 aromatic heterocycles. The average Bonchev–Trinajstić information content (AvgIpc) is 2.72. The predicted molar refractivity (Wildman–Crippen MR) is 73.9 cm³/mol. The Labute approximate surface area is 110 Å². The summed E-state index contributed by atoms with van der Waals surface area (Å²) in [7, 11) is 0. The number of nitrogen functional groups attached to an aromatic ring is 1. The first-order valence-corrected chi connectivity index (χ1v) is 6.73. The molecule has 1 saturated carbocycles. The van der Waals surface area contributed by atoms with Crippen LogP contribution in [0.3, 0.4) is 0 Å². The van der Waals surface area contributed by atoms with Crippen LogP contribution in [-0.4, -0.2) is 19.9 Å². The molecule has 0 saturated heterocycles. The van der Waals surface area contributed by atoms with Gasteiger partial charge in [0.05, 0.1) is 0 Å². The molecule has 3 rings (SSSR count). The normalized spacial score (nSPS) is 22.7. The highest BCUT2D eigenvalue weighted by molar-refractivity contribution is 5.70. The molecule has 1 fully saturated rings. The third-order valence-corrected chi connectivity index (χ3v) is 4.24. The second-order valence-electron chi connectivity index (χ2n) is 6.06. The maximum Gasteiger partial charge on any atom is 0.278 e. The Morgan fingerprint density at radius 3 is 2.79 bits per heavy atom. The first kappa shape index (κ1) is 12.2. The summed E-state index contributed by atoms with van der Waals surface area (Å²) in [5, 5.41) is 0. The molecule has 0 aliphatic heterocycles. The van der Waals surface area contributed by atoms with Crippen LogP contribution in [0.1, 0.15) is 51.3 Å². The van der Waals surface area contributed by atoms with E-state index < -0.39 is 0 Å². The van der Waals surface area contributed by atoms with Crippen molar-refractivity contribution in [3.63, 3.8) is 0 Å². The van der Waals surface area contributed by atoms with Crippen LogP contribution in [0, 0.1) is 5.41 Å². The summed E-state index contributed by atoms with van der Waals surface area (Å²) in [5.41, 5.74) is 6.33. The summed E-state index contributed by atoms with van der Waals surface area (Å²) in [5.74, 6) is 1.32. The number of nitrogens with one attached hydrogen (secondary N) is 2. The van der Waals surface area contributed by atoms with Gasteiger partial charge in [-0.05, 0) is 18.3 Å². The Morgan fingerprint density at radius 1 is 1.26 bits per heavy atom. The van der Waals surface area contributed by atoms with Crippen LogP contribution in [0.4, 0.5) is 5.95 Å². The summed E-state index contributed by atoms with van der Waals surface area (Å²) in [4.78, 5) is 26.0. The zero-order chi connectivity index (χ0) is 13.6. The van der Waals surface area contributed by atoms with Gasteiger partial charge in [-0.3, -0.25) is 9.78 Å². The molecule has 1 aliphatic carbocycles. The van der Waals surface area contributed by atoms with Crippen molar-refractivity contribution in [1.82, 2.24) is 19.9 Å². The van der Waals surface area contributed by atoms with Gasteiger partial charge in [0.25, 0.3) is 5.56 Å². The summed E-state index contributed by atoms with van der Waals surface area (Å²) >= 11 is 0. The zero-order valence-corrected chi connectivity index (χ0v) is 11.3. The van der Waals surface area contributed by atoms with E-state index in [2.05, 4.69) is 33.8 Å². The zero-order valence-electron chi connectivity index (χ0n) is 11.3. The number of imidazole rings is 1. The molecular weight excluding hydrogens is 242 g/mol. The van der Waals surface area contributed by atoms with Crippen molar-refractivity contribution in [2.24, 2.45) is 5.41 Å². The molecule has 0 spiro atoms. The van der Waals surface area contributed by atoms with Gasteiger partial charge in [0.15, 0.2) is 11.2 Å². The van der Waals surface area contributed by atoms with E-state index in [1.165, 1.54) is 19.3 Å². The highest BCUT2D eigenvalue weighted by Gasteiger charge is 2.35. The van der Waals surface area contributed by atoms with Crippen molar-refractivity contribution >= 4 is 17.1 Å². The summed E-state index contributed by atoms with van der Waals surface area (Å²) in [6.45, 7) is 4.52. The van der Waals surface area contributed by atoms with Crippen LogP contribution in [0.15, 0.2) is 4.79 Å². The molecule has 2 aromatic rings. The fourth-order valence-electron chi connectivity index (χ4n) is 3.11. The van der Waals surface area contributed by atoms with Gasteiger partial charge in [0, 0.05) is 5.92 Å². The second kappa shape index (κ2) is 4.08. The SMILES string of the molecule is CC1(C)CCCCC1c1nc2nc(N)[nH]c(=O)c2[nH]1. The number of aromatic amines is 2. The van der Waals surface area contributed by atoms with Gasteiger partial charge in [0.2, 0.25) is 5.95 Å². The fraction of sp³-hybridized carbons (Fsp3) is 0.615. The molecule has 1 unspecified atom stereocenters. The molecule has 6 nitrogen and oxygen atoms in total. The molecule has 4 N–H and O–H groups in total. The van der Waals surface area contributed by atoms with E-state index in [0.29, 0.717) is 17.1 Å². The Balaban J connectivity index is 2.11. The van der Waals surface area contributed by atoms with E-state index in [9.17, 15) is 4.79 Å². The van der Waals surface area contributed by atoms with Crippen LogP contribution >= 0.6 is 0 Å². The van der Waals surface area contributed by atoms with Crippen LogP contribution in [0.25, 0.3) is 11.2 Å². The van der Waals surface area contributed by atoms with Gasteiger partial charge in [0.1, 0.15) is 5.82 Å². The number of hydrogen-bond donors (Lipinski definition) is 3. The summed E-state index contributed by atoms with van der Waals surface area (Å²) < 4.78 is 0. The van der Waals surface area contributed by atoms with Gasteiger partial charge < -0.3 is 10.7 Å². The molecule has 0 aromatic carbocycles. The number of aromatic nitrogens is 4. The lowest BCUT2D eigenvalue weighted by atomic mass is 9.68. The lowest BCUT2D eigenvalue weighted by Crippen LogP contribution is -2.26. The second-order valence-corrected chi connectivity index (χ2v) is 6.06. The average molecular weight is 261 g/mol. The largest absolute Gasteiger partial charge is 0.369 e. The maximum absolute atomic E-state index is 11.8. The van der Waals surface area contributed by atoms with Crippen LogP contribution in [0.5, 0.6) is 0 Å². The topological polar surface area (TPSA) is 100 Å². The number of nitrogens with two attached hydrogens (primary N) is 1. The molecule has 19 heavy (non-hydrogen) atoms. The van der Waals surface area contributed by atoms with E-state index in [1.807, 2.05) is 0 Å². The van der Waals surface area contributed by atoms with Crippen LogP contribution < -0.4 is 11.3 Å². The third-order valence-electron chi connectivity index (χ3n) is 4.24. The maximum atomic E-state index is 11.8. The molecule has 2 heterocycles. The van der Waals surface area contributed by atoms with E-state index in [4.69, 9.17) is 5.73 Å². The van der Waals surface area contributed by atoms with Crippen molar-refractivity contribution in [2.75, 3.05) is 5.73 Å². The van der Waals surface area contributed by atoms with Crippen molar-refractivity contribution < 1.29 is 0 Å². The third kappa shape index (κ3) is 2.01. The van der Waals surface area contributed by atoms with Crippen LogP contribution in [-0.2, 0) is 0 Å². The van der Waals surface area contributed by atoms with E-state index in [1.54, 1.807) is 0 Å². The highest BCUT2D eigenvalue weighted by atomic mass is 16.1. The number of anilines is 1. The molecule has 0 amide bonds. The first-order valence-electron chi connectivity index (χ1n) is 6.73. The van der Waals surface area contributed by atoms with E-state index in [-0.39, 0.29) is 16.9 Å². The van der Waals surface area contributed by atoms with Gasteiger partial charge in [-0.1, -0.05) is 26.7 Å². The molecular formula is C13H19N5O. The Kier molecular flexibility index (Phi) is 2.62. The van der Waals surface area contributed by atoms with E-state index >= 15 is 0 Å². The minimum Gasteiger partial charge on any atom is -0.369 e. The van der Waals surface area contributed by atoms with Crippen molar-refractivity contribution in [2.45, 2.75) is 45.4 Å². The standard InChI is InChI=1S/C13H19N5O/c1-13(2)6-4-3-5-7(13)9-15-8-10(16-9)17-12(14)18-11(8)19/h7H,3-6H2,1-2H3,(H4,14,15,16,17,18,19). The minimum atomic E-state index is -0.255. The molecule has 0 bridgehead atoms. The quantitative estimate of drug-likeness (QED) is 0.730. The number of hydrogen-bond acceptors (Lipinski definition) is 4. The predicted octanol–water partition coefficient (Wildman–Crippen LogP) is 1.91. The van der Waals surface area contributed by atoms with Crippen molar-refractivity contribution in [3.8, 4) is 0 Å². The lowest BCUT2D eigenvalue weighted by molar-refractivity contribution is 0.193. The minimum absolute atomic E-state index is 0.110. The number of H-pyrrole nitrogens is 2. The van der Waals surface area contributed by atoms with Crippen molar-refractivity contribution in [3.05, 3.63) is 16.2 Å². The molecule has 0 radical (unpaired) electrons. The lowest BCUT2D eigenvalue weighted by Gasteiger charge is -2.37. The van der Waals surface area contributed by atoms with Gasteiger partial charge in [-0.2, -0.15) is 4.98 Å². The molecule has 102 valence electrons. The molecule has 6 heteroatoms. The van der Waals surface area contributed by atoms with E-state index in [0.717, 1.165) is 12.2 Å². The number of nitrogens with zero attached hydrogens (tertiary/aromatic N) is 2.